The molecule has 0 saturated carbocycles. The van der Waals surface area contributed by atoms with E-state index < -0.39 is 0 Å². The Bertz CT molecular complexity index is 511. The molecular weight excluding hydrogens is 242 g/mol. The van der Waals surface area contributed by atoms with Gasteiger partial charge in [-0.05, 0) is 43.5 Å². The third-order valence-electron chi connectivity index (χ3n) is 3.27. The number of rotatable bonds is 3. The van der Waals surface area contributed by atoms with Crippen molar-refractivity contribution >= 4 is 23.2 Å². The maximum Gasteiger partial charge on any atom is 0.234 e. The summed E-state index contributed by atoms with van der Waals surface area (Å²) in [5.41, 5.74) is 13.6. The number of nitrogen functional groups attached to an aromatic ring is 1. The summed E-state index contributed by atoms with van der Waals surface area (Å²) in [6.45, 7) is 1.85. The van der Waals surface area contributed by atoms with Gasteiger partial charge in [0.15, 0.2) is 0 Å². The second-order valence-electron chi connectivity index (χ2n) is 5.03. The van der Waals surface area contributed by atoms with Crippen LogP contribution in [0.2, 0.25) is 0 Å². The van der Waals surface area contributed by atoms with Crippen molar-refractivity contribution in [1.82, 2.24) is 0 Å². The molecule has 1 atom stereocenters. The molecule has 19 heavy (non-hydrogen) atoms. The van der Waals surface area contributed by atoms with Gasteiger partial charge in [0.05, 0.1) is 5.69 Å². The summed E-state index contributed by atoms with van der Waals surface area (Å²) >= 11 is 0. The Morgan fingerprint density at radius 2 is 2.16 bits per heavy atom. The molecule has 1 aliphatic rings. The minimum Gasteiger partial charge on any atom is -0.399 e. The number of carbonyl (C=O) groups is 2. The zero-order chi connectivity index (χ0) is 14.0. The van der Waals surface area contributed by atoms with Gasteiger partial charge >= 0.3 is 0 Å². The molecule has 1 aromatic carbocycles. The van der Waals surface area contributed by atoms with Crippen molar-refractivity contribution in [1.29, 1.82) is 0 Å². The summed E-state index contributed by atoms with van der Waals surface area (Å²) < 4.78 is 0. The van der Waals surface area contributed by atoms with Crippen molar-refractivity contribution in [3.63, 3.8) is 0 Å². The predicted molar refractivity (Wildman–Crippen MR) is 74.6 cm³/mol. The van der Waals surface area contributed by atoms with Crippen molar-refractivity contribution in [3.8, 4) is 0 Å². The van der Waals surface area contributed by atoms with E-state index in [0.717, 1.165) is 5.56 Å². The molecule has 2 amide bonds. The molecule has 102 valence electrons. The number of nitrogens with two attached hydrogens (primary N) is 2. The first-order valence-electron chi connectivity index (χ1n) is 6.49. The maximum absolute atomic E-state index is 12.2. The highest BCUT2D eigenvalue weighted by Gasteiger charge is 2.29. The monoisotopic (exact) mass is 261 g/mol. The van der Waals surface area contributed by atoms with Gasteiger partial charge in [-0.1, -0.05) is 0 Å². The SMILES string of the molecule is CC(N)CCC(=O)N1C(=O)CCc2cc(N)ccc21. The number of imide groups is 1. The van der Waals surface area contributed by atoms with E-state index in [-0.39, 0.29) is 24.3 Å². The van der Waals surface area contributed by atoms with Crippen LogP contribution in [0.15, 0.2) is 18.2 Å². The fourth-order valence-electron chi connectivity index (χ4n) is 2.25. The number of hydrogen-bond acceptors (Lipinski definition) is 4. The highest BCUT2D eigenvalue weighted by atomic mass is 16.2. The Hall–Kier alpha value is -1.88. The molecule has 1 unspecified atom stereocenters. The van der Waals surface area contributed by atoms with Crippen LogP contribution in [-0.4, -0.2) is 17.9 Å². The second-order valence-corrected chi connectivity index (χ2v) is 5.03. The number of carbonyl (C=O) groups excluding carboxylic acids is 2. The van der Waals surface area contributed by atoms with Crippen molar-refractivity contribution < 1.29 is 9.59 Å². The lowest BCUT2D eigenvalue weighted by Gasteiger charge is -2.28. The normalized spacial score (nSPS) is 16.1. The first-order valence-corrected chi connectivity index (χ1v) is 6.49. The van der Waals surface area contributed by atoms with Crippen LogP contribution >= 0.6 is 0 Å². The molecule has 1 aromatic rings. The van der Waals surface area contributed by atoms with Crippen molar-refractivity contribution in [3.05, 3.63) is 23.8 Å². The van der Waals surface area contributed by atoms with E-state index in [4.69, 9.17) is 11.5 Å². The summed E-state index contributed by atoms with van der Waals surface area (Å²) in [5.74, 6) is -0.333. The van der Waals surface area contributed by atoms with Gasteiger partial charge in [0, 0.05) is 24.6 Å². The highest BCUT2D eigenvalue weighted by molar-refractivity contribution is 6.16. The second kappa shape index (κ2) is 5.40. The van der Waals surface area contributed by atoms with Crippen LogP contribution in [0.1, 0.15) is 31.7 Å². The number of amides is 2. The number of anilines is 2. The molecule has 0 bridgehead atoms. The Kier molecular flexibility index (Phi) is 3.85. The van der Waals surface area contributed by atoms with Crippen LogP contribution in [0, 0.1) is 0 Å². The summed E-state index contributed by atoms with van der Waals surface area (Å²) in [5, 5.41) is 0. The van der Waals surface area contributed by atoms with Gasteiger partial charge in [0.25, 0.3) is 0 Å². The number of hydrogen-bond donors (Lipinski definition) is 2. The largest absolute Gasteiger partial charge is 0.399 e. The highest BCUT2D eigenvalue weighted by Crippen LogP contribution is 2.30. The van der Waals surface area contributed by atoms with Gasteiger partial charge in [-0.25, -0.2) is 0 Å². The van der Waals surface area contributed by atoms with Crippen LogP contribution in [0.4, 0.5) is 11.4 Å². The Morgan fingerprint density at radius 1 is 1.42 bits per heavy atom. The van der Waals surface area contributed by atoms with Crippen LogP contribution in [0.5, 0.6) is 0 Å². The molecule has 4 N–H and O–H groups in total. The average molecular weight is 261 g/mol. The van der Waals surface area contributed by atoms with E-state index in [1.54, 1.807) is 12.1 Å². The molecule has 1 heterocycles. The molecular formula is C14H19N3O2. The van der Waals surface area contributed by atoms with Gasteiger partial charge in [0.2, 0.25) is 11.8 Å². The molecule has 2 rings (SSSR count). The minimum atomic E-state index is -0.187. The first kappa shape index (κ1) is 13.5. The lowest BCUT2D eigenvalue weighted by Crippen LogP contribution is -2.40. The van der Waals surface area contributed by atoms with E-state index in [0.29, 0.717) is 30.6 Å². The number of benzene rings is 1. The smallest absolute Gasteiger partial charge is 0.234 e. The van der Waals surface area contributed by atoms with Gasteiger partial charge in [0.1, 0.15) is 0 Å². The Balaban J connectivity index is 2.25. The average Bonchev–Trinajstić information content (AvgIpc) is 2.36. The quantitative estimate of drug-likeness (QED) is 0.800. The summed E-state index contributed by atoms with van der Waals surface area (Å²) in [6, 6.07) is 5.23. The summed E-state index contributed by atoms with van der Waals surface area (Å²) in [4.78, 5) is 25.4. The Labute approximate surface area is 112 Å². The fourth-order valence-corrected chi connectivity index (χ4v) is 2.25. The van der Waals surface area contributed by atoms with Crippen molar-refractivity contribution in [2.75, 3.05) is 10.6 Å². The van der Waals surface area contributed by atoms with Crippen molar-refractivity contribution in [2.24, 2.45) is 5.73 Å². The van der Waals surface area contributed by atoms with E-state index in [2.05, 4.69) is 0 Å². The number of fused-ring (bicyclic) bond motifs is 1. The van der Waals surface area contributed by atoms with Gasteiger partial charge in [-0.2, -0.15) is 0 Å². The zero-order valence-electron chi connectivity index (χ0n) is 11.1. The molecule has 0 saturated heterocycles. The molecule has 0 fully saturated rings. The standard InChI is InChI=1S/C14H19N3O2/c1-9(15)2-6-13(18)17-12-5-4-11(16)8-10(12)3-7-14(17)19/h4-5,8-9H,2-3,6-7,15-16H2,1H3. The third-order valence-corrected chi connectivity index (χ3v) is 3.27. The van der Waals surface area contributed by atoms with Crippen LogP contribution < -0.4 is 16.4 Å². The summed E-state index contributed by atoms with van der Waals surface area (Å²) in [7, 11) is 0. The van der Waals surface area contributed by atoms with E-state index >= 15 is 0 Å². The van der Waals surface area contributed by atoms with E-state index in [9.17, 15) is 9.59 Å². The first-order chi connectivity index (χ1) is 8.99. The third kappa shape index (κ3) is 2.93. The predicted octanol–water partition coefficient (Wildman–Crippen LogP) is 1.20. The molecule has 5 nitrogen and oxygen atoms in total. The van der Waals surface area contributed by atoms with E-state index in [1.165, 1.54) is 4.90 Å². The van der Waals surface area contributed by atoms with Crippen LogP contribution in [-0.2, 0) is 16.0 Å². The lowest BCUT2D eigenvalue weighted by atomic mass is 9.99. The Morgan fingerprint density at radius 3 is 2.84 bits per heavy atom. The fraction of sp³-hybridized carbons (Fsp3) is 0.429. The number of aryl methyl sites for hydroxylation is 1. The molecule has 0 aliphatic carbocycles. The summed E-state index contributed by atoms with van der Waals surface area (Å²) in [6.07, 6.45) is 1.84. The number of nitrogens with zero attached hydrogens (tertiary/aromatic N) is 1. The molecule has 0 aromatic heterocycles. The van der Waals surface area contributed by atoms with Gasteiger partial charge in [-0.15, -0.1) is 0 Å². The van der Waals surface area contributed by atoms with E-state index in [1.807, 2.05) is 13.0 Å². The molecule has 0 spiro atoms. The minimum absolute atomic E-state index is 0.0465. The van der Waals surface area contributed by atoms with Crippen molar-refractivity contribution in [2.45, 2.75) is 38.6 Å². The van der Waals surface area contributed by atoms with Gasteiger partial charge < -0.3 is 11.5 Å². The molecule has 5 heteroatoms. The maximum atomic E-state index is 12.2. The molecule has 0 radical (unpaired) electrons. The van der Waals surface area contributed by atoms with Crippen LogP contribution in [0.25, 0.3) is 0 Å². The molecule has 1 aliphatic heterocycles. The van der Waals surface area contributed by atoms with Crippen LogP contribution in [0.3, 0.4) is 0 Å². The lowest BCUT2D eigenvalue weighted by molar-refractivity contribution is -0.126. The van der Waals surface area contributed by atoms with Gasteiger partial charge in [-0.3, -0.25) is 14.5 Å². The zero-order valence-corrected chi connectivity index (χ0v) is 11.1. The topological polar surface area (TPSA) is 89.4 Å².